The van der Waals surface area contributed by atoms with Gasteiger partial charge in [-0.2, -0.15) is 0 Å². The Morgan fingerprint density at radius 1 is 1.35 bits per heavy atom. The molecule has 7 heteroatoms. The lowest BCUT2D eigenvalue weighted by Gasteiger charge is -2.25. The van der Waals surface area contributed by atoms with Gasteiger partial charge in [0, 0.05) is 43.2 Å². The summed E-state index contributed by atoms with van der Waals surface area (Å²) in [4.78, 5) is 35.6. The fraction of sp³-hybridized carbons (Fsp3) is 0.500. The highest BCUT2D eigenvalue weighted by atomic mass is 16.6. The quantitative estimate of drug-likeness (QED) is 0.474. The molecular weight excluding hydrogens is 298 g/mol. The van der Waals surface area contributed by atoms with E-state index in [9.17, 15) is 19.7 Å². The Kier molecular flexibility index (Phi) is 6.68. The lowest BCUT2D eigenvalue weighted by molar-refractivity contribution is -0.385. The summed E-state index contributed by atoms with van der Waals surface area (Å²) in [5.74, 6) is -0.354. The van der Waals surface area contributed by atoms with Crippen molar-refractivity contribution in [2.45, 2.75) is 40.2 Å². The second kappa shape index (κ2) is 8.26. The van der Waals surface area contributed by atoms with E-state index in [1.807, 2.05) is 13.8 Å². The Labute approximate surface area is 135 Å². The molecule has 1 rings (SSSR count). The molecular formula is C16H23N3O4. The average molecular weight is 321 g/mol. The Morgan fingerprint density at radius 2 is 2.00 bits per heavy atom. The van der Waals surface area contributed by atoms with E-state index >= 15 is 0 Å². The number of rotatable bonds is 7. The summed E-state index contributed by atoms with van der Waals surface area (Å²) >= 11 is 0. The summed E-state index contributed by atoms with van der Waals surface area (Å²) in [6.45, 7) is 7.97. The first kappa shape index (κ1) is 18.6. The standard InChI is InChI=1S/C16H23N3O4/c1-11(2)18(13(4)20)9-5-8-17-16(21)14-7-6-12(3)15(10-14)19(22)23/h6-7,10-11H,5,8-9H2,1-4H3,(H,17,21). The van der Waals surface area contributed by atoms with E-state index < -0.39 is 4.92 Å². The van der Waals surface area contributed by atoms with Gasteiger partial charge in [-0.25, -0.2) is 0 Å². The fourth-order valence-corrected chi connectivity index (χ4v) is 2.28. The molecule has 1 N–H and O–H groups in total. The summed E-state index contributed by atoms with van der Waals surface area (Å²) in [6, 6.07) is 4.51. The number of benzene rings is 1. The second-order valence-corrected chi connectivity index (χ2v) is 5.67. The van der Waals surface area contributed by atoms with Crippen LogP contribution in [-0.2, 0) is 4.79 Å². The van der Waals surface area contributed by atoms with Crippen molar-refractivity contribution >= 4 is 17.5 Å². The van der Waals surface area contributed by atoms with Crippen LogP contribution >= 0.6 is 0 Å². The first-order valence-corrected chi connectivity index (χ1v) is 7.54. The molecule has 1 aromatic carbocycles. The first-order valence-electron chi connectivity index (χ1n) is 7.54. The maximum atomic E-state index is 12.0. The van der Waals surface area contributed by atoms with E-state index in [4.69, 9.17) is 0 Å². The summed E-state index contributed by atoms with van der Waals surface area (Å²) in [6.07, 6.45) is 0.622. The molecule has 2 amide bonds. The van der Waals surface area contributed by atoms with Crippen LogP contribution in [-0.4, -0.2) is 40.8 Å². The number of nitrogens with zero attached hydrogens (tertiary/aromatic N) is 2. The van der Waals surface area contributed by atoms with E-state index in [-0.39, 0.29) is 29.1 Å². The van der Waals surface area contributed by atoms with E-state index in [0.717, 1.165) is 0 Å². The number of amides is 2. The minimum atomic E-state index is -0.501. The number of aryl methyl sites for hydroxylation is 1. The predicted molar refractivity (Wildman–Crippen MR) is 87.3 cm³/mol. The second-order valence-electron chi connectivity index (χ2n) is 5.67. The SMILES string of the molecule is CC(=O)N(CCCNC(=O)c1ccc(C)c([N+](=O)[O-])c1)C(C)C. The zero-order valence-electron chi connectivity index (χ0n) is 14.0. The van der Waals surface area contributed by atoms with Crippen LogP contribution in [0.5, 0.6) is 0 Å². The van der Waals surface area contributed by atoms with E-state index in [1.54, 1.807) is 24.0 Å². The molecule has 0 aliphatic carbocycles. The van der Waals surface area contributed by atoms with Gasteiger partial charge in [-0.3, -0.25) is 19.7 Å². The van der Waals surface area contributed by atoms with Gasteiger partial charge in [0.2, 0.25) is 5.91 Å². The molecule has 0 saturated heterocycles. The number of hydrogen-bond acceptors (Lipinski definition) is 4. The molecule has 0 spiro atoms. The minimum absolute atomic E-state index is 0.000450. The molecule has 0 aromatic heterocycles. The molecule has 23 heavy (non-hydrogen) atoms. The third kappa shape index (κ3) is 5.36. The molecule has 0 aliphatic rings. The van der Waals surface area contributed by atoms with Crippen molar-refractivity contribution in [3.05, 3.63) is 39.4 Å². The number of nitro benzene ring substituents is 1. The topological polar surface area (TPSA) is 92.6 Å². The van der Waals surface area contributed by atoms with Gasteiger partial charge in [0.1, 0.15) is 0 Å². The molecule has 0 aliphatic heterocycles. The zero-order chi connectivity index (χ0) is 17.6. The van der Waals surface area contributed by atoms with Crippen molar-refractivity contribution in [2.24, 2.45) is 0 Å². The molecule has 0 unspecified atom stereocenters. The van der Waals surface area contributed by atoms with Gasteiger partial charge < -0.3 is 10.2 Å². The van der Waals surface area contributed by atoms with Crippen LogP contribution in [0.2, 0.25) is 0 Å². The number of nitro groups is 1. The van der Waals surface area contributed by atoms with Crippen molar-refractivity contribution < 1.29 is 14.5 Å². The zero-order valence-corrected chi connectivity index (χ0v) is 14.0. The van der Waals surface area contributed by atoms with E-state index in [2.05, 4.69) is 5.32 Å². The largest absolute Gasteiger partial charge is 0.352 e. The van der Waals surface area contributed by atoms with Crippen molar-refractivity contribution in [1.82, 2.24) is 10.2 Å². The predicted octanol–water partition coefficient (Wildman–Crippen LogP) is 2.28. The third-order valence-electron chi connectivity index (χ3n) is 3.56. The van der Waals surface area contributed by atoms with Crippen molar-refractivity contribution in [1.29, 1.82) is 0 Å². The lowest BCUT2D eigenvalue weighted by atomic mass is 10.1. The van der Waals surface area contributed by atoms with Crippen LogP contribution in [0.3, 0.4) is 0 Å². The maximum Gasteiger partial charge on any atom is 0.273 e. The maximum absolute atomic E-state index is 12.0. The van der Waals surface area contributed by atoms with Gasteiger partial charge in [-0.15, -0.1) is 0 Å². The lowest BCUT2D eigenvalue weighted by Crippen LogP contribution is -2.37. The number of nitrogens with one attached hydrogen (secondary N) is 1. The van der Waals surface area contributed by atoms with Gasteiger partial charge in [0.05, 0.1) is 4.92 Å². The van der Waals surface area contributed by atoms with Gasteiger partial charge in [-0.1, -0.05) is 6.07 Å². The first-order chi connectivity index (χ1) is 10.7. The summed E-state index contributed by atoms with van der Waals surface area (Å²) in [7, 11) is 0. The molecule has 0 atom stereocenters. The smallest absolute Gasteiger partial charge is 0.273 e. The Hall–Kier alpha value is -2.44. The third-order valence-corrected chi connectivity index (χ3v) is 3.56. The summed E-state index contributed by atoms with van der Waals surface area (Å²) < 4.78 is 0. The summed E-state index contributed by atoms with van der Waals surface area (Å²) in [5, 5.41) is 13.6. The molecule has 0 radical (unpaired) electrons. The molecule has 0 heterocycles. The van der Waals surface area contributed by atoms with Gasteiger partial charge in [0.15, 0.2) is 0 Å². The highest BCUT2D eigenvalue weighted by molar-refractivity contribution is 5.94. The molecule has 0 fully saturated rings. The molecule has 0 bridgehead atoms. The highest BCUT2D eigenvalue weighted by Crippen LogP contribution is 2.19. The fourth-order valence-electron chi connectivity index (χ4n) is 2.28. The van der Waals surface area contributed by atoms with Crippen molar-refractivity contribution in [3.63, 3.8) is 0 Å². The van der Waals surface area contributed by atoms with Crippen LogP contribution in [0.15, 0.2) is 18.2 Å². The van der Waals surface area contributed by atoms with Crippen molar-refractivity contribution in [3.8, 4) is 0 Å². The summed E-state index contributed by atoms with van der Waals surface area (Å²) in [5.41, 5.74) is 0.704. The van der Waals surface area contributed by atoms with Crippen LogP contribution in [0.4, 0.5) is 5.69 Å². The van der Waals surface area contributed by atoms with Crippen LogP contribution < -0.4 is 5.32 Å². The number of hydrogen-bond donors (Lipinski definition) is 1. The normalized spacial score (nSPS) is 10.5. The molecule has 7 nitrogen and oxygen atoms in total. The van der Waals surface area contributed by atoms with E-state index in [0.29, 0.717) is 25.1 Å². The van der Waals surface area contributed by atoms with Gasteiger partial charge >= 0.3 is 0 Å². The minimum Gasteiger partial charge on any atom is -0.352 e. The Balaban J connectivity index is 2.56. The average Bonchev–Trinajstić information content (AvgIpc) is 2.46. The molecule has 0 saturated carbocycles. The molecule has 126 valence electrons. The highest BCUT2D eigenvalue weighted by Gasteiger charge is 2.15. The monoisotopic (exact) mass is 321 g/mol. The van der Waals surface area contributed by atoms with E-state index in [1.165, 1.54) is 13.0 Å². The van der Waals surface area contributed by atoms with Crippen LogP contribution in [0.1, 0.15) is 43.1 Å². The van der Waals surface area contributed by atoms with Gasteiger partial charge in [-0.05, 0) is 33.3 Å². The van der Waals surface area contributed by atoms with Gasteiger partial charge in [0.25, 0.3) is 11.6 Å². The Morgan fingerprint density at radius 3 is 2.52 bits per heavy atom. The number of carbonyl (C=O) groups excluding carboxylic acids is 2. The number of carbonyl (C=O) groups is 2. The molecule has 1 aromatic rings. The van der Waals surface area contributed by atoms with Crippen LogP contribution in [0, 0.1) is 17.0 Å². The van der Waals surface area contributed by atoms with Crippen LogP contribution in [0.25, 0.3) is 0 Å². The Bertz CT molecular complexity index is 599. The van der Waals surface area contributed by atoms with Crippen molar-refractivity contribution in [2.75, 3.05) is 13.1 Å².